The van der Waals surface area contributed by atoms with Crippen LogP contribution in [0, 0.1) is 0 Å². The van der Waals surface area contributed by atoms with Crippen LogP contribution in [0.5, 0.6) is 5.75 Å². The number of halogens is 1. The van der Waals surface area contributed by atoms with Crippen molar-refractivity contribution in [3.8, 4) is 5.75 Å². The van der Waals surface area contributed by atoms with Gasteiger partial charge in [-0.3, -0.25) is 4.68 Å². The number of aromatic hydroxyl groups is 1. The van der Waals surface area contributed by atoms with E-state index in [1.165, 1.54) is 0 Å². The Kier molecular flexibility index (Phi) is 9.11. The van der Waals surface area contributed by atoms with Gasteiger partial charge < -0.3 is 15.7 Å². The predicted octanol–water partition coefficient (Wildman–Crippen LogP) is 2.35. The molecular weight excluding hydrogens is 405 g/mol. The first-order valence-electron chi connectivity index (χ1n) is 7.55. The third-order valence-corrected chi connectivity index (χ3v) is 3.09. The minimum absolute atomic E-state index is 0. The van der Waals surface area contributed by atoms with Crippen LogP contribution in [0.2, 0.25) is 0 Å². The maximum absolute atomic E-state index is 9.46. The van der Waals surface area contributed by atoms with Gasteiger partial charge in [-0.2, -0.15) is 5.10 Å². The summed E-state index contributed by atoms with van der Waals surface area (Å²) in [5.41, 5.74) is 0.980. The standard InChI is InChI=1S/C16H23N5O.HI/c1-2-17-16(18-8-4-10-21-11-5-9-20-21)19-13-14-6-3-7-15(22)12-14;/h3,5-7,9,11-12,22H,2,4,8,10,13H2,1H3,(H2,17,18,19);1H. The summed E-state index contributed by atoms with van der Waals surface area (Å²) in [5.74, 6) is 1.05. The zero-order valence-corrected chi connectivity index (χ0v) is 15.6. The number of phenols is 1. The number of rotatable bonds is 7. The van der Waals surface area contributed by atoms with Gasteiger partial charge in [-0.25, -0.2) is 4.99 Å². The summed E-state index contributed by atoms with van der Waals surface area (Å²) in [4.78, 5) is 4.52. The van der Waals surface area contributed by atoms with Crippen molar-refractivity contribution in [3.63, 3.8) is 0 Å². The Morgan fingerprint density at radius 1 is 1.30 bits per heavy atom. The number of nitrogens with one attached hydrogen (secondary N) is 2. The number of benzene rings is 1. The Balaban J connectivity index is 0.00000264. The van der Waals surface area contributed by atoms with Crippen LogP contribution >= 0.6 is 24.0 Å². The van der Waals surface area contributed by atoms with E-state index in [1.807, 2.05) is 36.0 Å². The number of guanidine groups is 1. The van der Waals surface area contributed by atoms with E-state index in [1.54, 1.807) is 18.3 Å². The molecule has 2 rings (SSSR count). The van der Waals surface area contributed by atoms with Crippen LogP contribution in [0.4, 0.5) is 0 Å². The van der Waals surface area contributed by atoms with Gasteiger partial charge >= 0.3 is 0 Å². The van der Waals surface area contributed by atoms with E-state index in [-0.39, 0.29) is 29.7 Å². The van der Waals surface area contributed by atoms with Crippen molar-refractivity contribution in [3.05, 3.63) is 48.3 Å². The quantitative estimate of drug-likeness (QED) is 0.274. The number of phenolic OH excluding ortho intramolecular Hbond substituents is 1. The Labute approximate surface area is 154 Å². The second-order valence-corrected chi connectivity index (χ2v) is 4.91. The molecule has 2 aromatic rings. The Morgan fingerprint density at radius 3 is 2.87 bits per heavy atom. The van der Waals surface area contributed by atoms with Gasteiger partial charge in [0.05, 0.1) is 6.54 Å². The molecule has 126 valence electrons. The zero-order chi connectivity index (χ0) is 15.6. The Morgan fingerprint density at radius 2 is 2.17 bits per heavy atom. The molecule has 3 N–H and O–H groups in total. The highest BCUT2D eigenvalue weighted by Crippen LogP contribution is 2.11. The second kappa shape index (κ2) is 10.9. The van der Waals surface area contributed by atoms with Crippen molar-refractivity contribution < 1.29 is 5.11 Å². The Hall–Kier alpha value is -1.77. The molecule has 0 spiro atoms. The first-order valence-corrected chi connectivity index (χ1v) is 7.55. The lowest BCUT2D eigenvalue weighted by Gasteiger charge is -2.11. The molecule has 0 radical (unpaired) electrons. The van der Waals surface area contributed by atoms with Gasteiger partial charge in [0, 0.05) is 32.0 Å². The average Bonchev–Trinajstić information content (AvgIpc) is 3.02. The second-order valence-electron chi connectivity index (χ2n) is 4.91. The lowest BCUT2D eigenvalue weighted by Crippen LogP contribution is -2.38. The fourth-order valence-electron chi connectivity index (χ4n) is 2.05. The number of aliphatic imine (C=N–C) groups is 1. The third kappa shape index (κ3) is 7.36. The molecule has 0 amide bonds. The number of aromatic nitrogens is 2. The third-order valence-electron chi connectivity index (χ3n) is 3.09. The molecule has 0 saturated heterocycles. The van der Waals surface area contributed by atoms with Crippen molar-refractivity contribution in [2.75, 3.05) is 13.1 Å². The molecule has 0 aliphatic rings. The first-order chi connectivity index (χ1) is 10.8. The zero-order valence-electron chi connectivity index (χ0n) is 13.3. The number of hydrogen-bond acceptors (Lipinski definition) is 3. The normalized spacial score (nSPS) is 10.9. The summed E-state index contributed by atoms with van der Waals surface area (Å²) in [7, 11) is 0. The van der Waals surface area contributed by atoms with E-state index < -0.39 is 0 Å². The maximum atomic E-state index is 9.46. The molecule has 6 nitrogen and oxygen atoms in total. The van der Waals surface area contributed by atoms with E-state index in [0.717, 1.165) is 37.6 Å². The van der Waals surface area contributed by atoms with Gasteiger partial charge in [-0.05, 0) is 37.1 Å². The SMILES string of the molecule is CCNC(=NCc1cccc(O)c1)NCCCn1cccn1.I. The largest absolute Gasteiger partial charge is 0.508 e. The minimum Gasteiger partial charge on any atom is -0.508 e. The van der Waals surface area contributed by atoms with Crippen LogP contribution in [-0.2, 0) is 13.1 Å². The topological polar surface area (TPSA) is 74.5 Å². The lowest BCUT2D eigenvalue weighted by molar-refractivity contribution is 0.474. The van der Waals surface area contributed by atoms with E-state index in [9.17, 15) is 5.11 Å². The molecule has 1 aromatic carbocycles. The summed E-state index contributed by atoms with van der Waals surface area (Å²) >= 11 is 0. The molecule has 7 heteroatoms. The first kappa shape index (κ1) is 19.3. The van der Waals surface area contributed by atoms with Crippen molar-refractivity contribution >= 4 is 29.9 Å². The number of aryl methyl sites for hydroxylation is 1. The van der Waals surface area contributed by atoms with E-state index >= 15 is 0 Å². The van der Waals surface area contributed by atoms with Crippen LogP contribution < -0.4 is 10.6 Å². The maximum Gasteiger partial charge on any atom is 0.191 e. The van der Waals surface area contributed by atoms with Gasteiger partial charge in [0.15, 0.2) is 5.96 Å². The van der Waals surface area contributed by atoms with Gasteiger partial charge in [0.1, 0.15) is 5.75 Å². The lowest BCUT2D eigenvalue weighted by atomic mass is 10.2. The summed E-state index contributed by atoms with van der Waals surface area (Å²) in [6.07, 6.45) is 4.72. The number of hydrogen-bond donors (Lipinski definition) is 3. The molecule has 0 fully saturated rings. The van der Waals surface area contributed by atoms with Crippen molar-refractivity contribution in [2.45, 2.75) is 26.4 Å². The molecule has 0 bridgehead atoms. The predicted molar refractivity (Wildman–Crippen MR) is 103 cm³/mol. The van der Waals surface area contributed by atoms with Crippen LogP contribution in [0.3, 0.4) is 0 Å². The van der Waals surface area contributed by atoms with Gasteiger partial charge in [-0.1, -0.05) is 12.1 Å². The fourth-order valence-corrected chi connectivity index (χ4v) is 2.05. The average molecular weight is 429 g/mol. The van der Waals surface area contributed by atoms with Gasteiger partial charge in [-0.15, -0.1) is 24.0 Å². The van der Waals surface area contributed by atoms with E-state index in [2.05, 4.69) is 20.7 Å². The van der Waals surface area contributed by atoms with Crippen molar-refractivity contribution in [1.29, 1.82) is 0 Å². The van der Waals surface area contributed by atoms with Crippen LogP contribution in [-0.4, -0.2) is 33.9 Å². The molecule has 0 saturated carbocycles. The number of nitrogens with zero attached hydrogens (tertiary/aromatic N) is 3. The molecule has 23 heavy (non-hydrogen) atoms. The molecule has 0 atom stereocenters. The highest BCUT2D eigenvalue weighted by molar-refractivity contribution is 14.0. The van der Waals surface area contributed by atoms with Gasteiger partial charge in [0.25, 0.3) is 0 Å². The molecule has 0 unspecified atom stereocenters. The van der Waals surface area contributed by atoms with Crippen LogP contribution in [0.1, 0.15) is 18.9 Å². The Bertz CT molecular complexity index is 586. The van der Waals surface area contributed by atoms with Gasteiger partial charge in [0.2, 0.25) is 0 Å². The smallest absolute Gasteiger partial charge is 0.191 e. The molecule has 1 aromatic heterocycles. The fraction of sp³-hybridized carbons (Fsp3) is 0.375. The van der Waals surface area contributed by atoms with Crippen LogP contribution in [0.15, 0.2) is 47.7 Å². The molecular formula is C16H24IN5O. The summed E-state index contributed by atoms with van der Waals surface area (Å²) < 4.78 is 1.92. The summed E-state index contributed by atoms with van der Waals surface area (Å²) in [5, 5.41) is 20.1. The van der Waals surface area contributed by atoms with Crippen molar-refractivity contribution in [1.82, 2.24) is 20.4 Å². The van der Waals surface area contributed by atoms with E-state index in [4.69, 9.17) is 0 Å². The highest BCUT2D eigenvalue weighted by atomic mass is 127. The summed E-state index contributed by atoms with van der Waals surface area (Å²) in [6, 6.07) is 9.08. The van der Waals surface area contributed by atoms with Crippen molar-refractivity contribution in [2.24, 2.45) is 4.99 Å². The monoisotopic (exact) mass is 429 g/mol. The highest BCUT2D eigenvalue weighted by Gasteiger charge is 1.98. The van der Waals surface area contributed by atoms with E-state index in [0.29, 0.717) is 6.54 Å². The summed E-state index contributed by atoms with van der Waals surface area (Å²) in [6.45, 7) is 5.08. The minimum atomic E-state index is 0. The molecule has 0 aliphatic heterocycles. The van der Waals surface area contributed by atoms with Crippen LogP contribution in [0.25, 0.3) is 0 Å². The molecule has 0 aliphatic carbocycles. The molecule has 1 heterocycles.